The van der Waals surface area contributed by atoms with Crippen LogP contribution in [0.3, 0.4) is 0 Å². The zero-order chi connectivity index (χ0) is 10.2. The van der Waals surface area contributed by atoms with Crippen LogP contribution in [0.25, 0.3) is 0 Å². The Labute approximate surface area is 84.3 Å². The van der Waals surface area contributed by atoms with E-state index in [4.69, 9.17) is 0 Å². The van der Waals surface area contributed by atoms with Gasteiger partial charge in [-0.05, 0) is 17.9 Å². The first-order chi connectivity index (χ1) is 6.58. The third-order valence-corrected chi connectivity index (χ3v) is 2.86. The van der Waals surface area contributed by atoms with Gasteiger partial charge < -0.3 is 5.32 Å². The van der Waals surface area contributed by atoms with Crippen molar-refractivity contribution in [3.63, 3.8) is 0 Å². The number of rotatable bonds is 1. The van der Waals surface area contributed by atoms with E-state index in [0.29, 0.717) is 0 Å². The van der Waals surface area contributed by atoms with E-state index < -0.39 is 0 Å². The van der Waals surface area contributed by atoms with Crippen LogP contribution in [0, 0.1) is 11.2 Å². The van der Waals surface area contributed by atoms with Gasteiger partial charge in [0.15, 0.2) is 0 Å². The van der Waals surface area contributed by atoms with E-state index in [1.807, 2.05) is 12.1 Å². The maximum absolute atomic E-state index is 13.5. The number of halogens is 1. The Morgan fingerprint density at radius 2 is 2.07 bits per heavy atom. The molecule has 0 amide bonds. The first-order valence-corrected chi connectivity index (χ1v) is 5.06. The van der Waals surface area contributed by atoms with Crippen molar-refractivity contribution in [3.8, 4) is 0 Å². The van der Waals surface area contributed by atoms with E-state index >= 15 is 0 Å². The fraction of sp³-hybridized carbons (Fsp3) is 0.500. The Bertz CT molecular complexity index is 333. The largest absolute Gasteiger partial charge is 0.309 e. The number of hydrogen-bond acceptors (Lipinski definition) is 1. The summed E-state index contributed by atoms with van der Waals surface area (Å²) in [6.07, 6.45) is 1.01. The van der Waals surface area contributed by atoms with Crippen molar-refractivity contribution in [2.45, 2.75) is 26.3 Å². The zero-order valence-corrected chi connectivity index (χ0v) is 8.68. The van der Waals surface area contributed by atoms with Gasteiger partial charge in [0.1, 0.15) is 5.82 Å². The lowest BCUT2D eigenvalue weighted by molar-refractivity contribution is 0.401. The first-order valence-electron chi connectivity index (χ1n) is 5.06. The molecule has 0 aliphatic carbocycles. The molecule has 2 rings (SSSR count). The maximum Gasteiger partial charge on any atom is 0.127 e. The van der Waals surface area contributed by atoms with E-state index in [1.165, 1.54) is 6.07 Å². The maximum atomic E-state index is 13.5. The molecule has 0 radical (unpaired) electrons. The number of hydrogen-bond donors (Lipinski definition) is 1. The summed E-state index contributed by atoms with van der Waals surface area (Å²) in [6, 6.07) is 7.22. The van der Waals surface area contributed by atoms with Crippen molar-refractivity contribution in [1.29, 1.82) is 0 Å². The standard InChI is InChI=1S/C12H16FN/c1-12(2)7-11(14-8-12)9-5-3-4-6-10(9)13/h3-6,11,14H,7-8H2,1-2H3. The Kier molecular flexibility index (Phi) is 2.31. The molecular formula is C12H16FN. The Morgan fingerprint density at radius 1 is 1.36 bits per heavy atom. The van der Waals surface area contributed by atoms with Crippen molar-refractivity contribution in [2.75, 3.05) is 6.54 Å². The van der Waals surface area contributed by atoms with Gasteiger partial charge in [0.25, 0.3) is 0 Å². The highest BCUT2D eigenvalue weighted by Gasteiger charge is 2.32. The second-order valence-corrected chi connectivity index (χ2v) is 4.82. The molecule has 1 atom stereocenters. The van der Waals surface area contributed by atoms with Crippen LogP contribution in [0.15, 0.2) is 24.3 Å². The molecule has 0 saturated carbocycles. The zero-order valence-electron chi connectivity index (χ0n) is 8.68. The smallest absolute Gasteiger partial charge is 0.127 e. The molecular weight excluding hydrogens is 177 g/mol. The summed E-state index contributed by atoms with van der Waals surface area (Å²) < 4.78 is 13.5. The Morgan fingerprint density at radius 3 is 2.64 bits per heavy atom. The van der Waals surface area contributed by atoms with Crippen molar-refractivity contribution in [2.24, 2.45) is 5.41 Å². The third kappa shape index (κ3) is 1.80. The molecule has 2 heteroatoms. The summed E-state index contributed by atoms with van der Waals surface area (Å²) in [5.74, 6) is -0.0947. The first kappa shape index (κ1) is 9.66. The molecule has 1 fully saturated rings. The van der Waals surface area contributed by atoms with Gasteiger partial charge in [-0.15, -0.1) is 0 Å². The van der Waals surface area contributed by atoms with E-state index in [0.717, 1.165) is 18.5 Å². The molecule has 0 bridgehead atoms. The summed E-state index contributed by atoms with van der Waals surface area (Å²) in [5.41, 5.74) is 1.09. The van der Waals surface area contributed by atoms with Crippen LogP contribution in [0.1, 0.15) is 31.9 Å². The molecule has 1 aromatic carbocycles. The van der Waals surface area contributed by atoms with Gasteiger partial charge >= 0.3 is 0 Å². The second-order valence-electron chi connectivity index (χ2n) is 4.82. The van der Waals surface area contributed by atoms with Crippen LogP contribution in [0.5, 0.6) is 0 Å². The normalized spacial score (nSPS) is 25.2. The van der Waals surface area contributed by atoms with Crippen LogP contribution in [-0.4, -0.2) is 6.54 Å². The Balaban J connectivity index is 2.22. The van der Waals surface area contributed by atoms with Gasteiger partial charge in [0, 0.05) is 18.2 Å². The molecule has 1 nitrogen and oxygen atoms in total. The van der Waals surface area contributed by atoms with E-state index in [1.54, 1.807) is 6.07 Å². The monoisotopic (exact) mass is 193 g/mol. The average Bonchev–Trinajstić information content (AvgIpc) is 2.47. The molecule has 0 aromatic heterocycles. The topological polar surface area (TPSA) is 12.0 Å². The summed E-state index contributed by atoms with van der Waals surface area (Å²) in [7, 11) is 0. The van der Waals surface area contributed by atoms with Gasteiger partial charge in [-0.25, -0.2) is 4.39 Å². The molecule has 0 spiro atoms. The van der Waals surface area contributed by atoms with Crippen LogP contribution >= 0.6 is 0 Å². The molecule has 1 N–H and O–H groups in total. The van der Waals surface area contributed by atoms with Gasteiger partial charge in [-0.2, -0.15) is 0 Å². The lowest BCUT2D eigenvalue weighted by Crippen LogP contribution is -2.17. The van der Waals surface area contributed by atoms with Crippen molar-refractivity contribution < 1.29 is 4.39 Å². The summed E-state index contributed by atoms with van der Waals surface area (Å²) >= 11 is 0. The number of nitrogens with one attached hydrogen (secondary N) is 1. The molecule has 1 aromatic rings. The van der Waals surface area contributed by atoms with Crippen LogP contribution < -0.4 is 5.32 Å². The molecule has 1 saturated heterocycles. The molecule has 14 heavy (non-hydrogen) atoms. The van der Waals surface area contributed by atoms with Crippen molar-refractivity contribution >= 4 is 0 Å². The minimum absolute atomic E-state index is 0.0947. The van der Waals surface area contributed by atoms with E-state index in [2.05, 4.69) is 19.2 Å². The Hall–Kier alpha value is -0.890. The number of benzene rings is 1. The van der Waals surface area contributed by atoms with Gasteiger partial charge in [-0.3, -0.25) is 0 Å². The van der Waals surface area contributed by atoms with Crippen molar-refractivity contribution in [3.05, 3.63) is 35.6 Å². The molecule has 1 aliphatic heterocycles. The highest BCUT2D eigenvalue weighted by Crippen LogP contribution is 2.36. The summed E-state index contributed by atoms with van der Waals surface area (Å²) in [5, 5.41) is 3.36. The minimum atomic E-state index is -0.0947. The molecule has 76 valence electrons. The predicted octanol–water partition coefficient (Wildman–Crippen LogP) is 2.89. The molecule has 1 heterocycles. The van der Waals surface area contributed by atoms with Crippen molar-refractivity contribution in [1.82, 2.24) is 5.32 Å². The molecule has 1 unspecified atom stereocenters. The fourth-order valence-electron chi connectivity index (χ4n) is 2.07. The van der Waals surface area contributed by atoms with Crippen LogP contribution in [-0.2, 0) is 0 Å². The van der Waals surface area contributed by atoms with Gasteiger partial charge in [-0.1, -0.05) is 32.0 Å². The van der Waals surface area contributed by atoms with Crippen LogP contribution in [0.2, 0.25) is 0 Å². The summed E-state index contributed by atoms with van der Waals surface area (Å²) in [4.78, 5) is 0. The third-order valence-electron chi connectivity index (χ3n) is 2.86. The second kappa shape index (κ2) is 3.35. The average molecular weight is 193 g/mol. The lowest BCUT2D eigenvalue weighted by Gasteiger charge is -2.15. The highest BCUT2D eigenvalue weighted by molar-refractivity contribution is 5.22. The van der Waals surface area contributed by atoms with Gasteiger partial charge in [0.05, 0.1) is 0 Å². The lowest BCUT2D eigenvalue weighted by atomic mass is 9.88. The fourth-order valence-corrected chi connectivity index (χ4v) is 2.07. The SMILES string of the molecule is CC1(C)CNC(c2ccccc2F)C1. The highest BCUT2D eigenvalue weighted by atomic mass is 19.1. The van der Waals surface area contributed by atoms with Crippen LogP contribution in [0.4, 0.5) is 4.39 Å². The van der Waals surface area contributed by atoms with E-state index in [9.17, 15) is 4.39 Å². The van der Waals surface area contributed by atoms with Gasteiger partial charge in [0.2, 0.25) is 0 Å². The predicted molar refractivity (Wildman–Crippen MR) is 55.5 cm³/mol. The molecule has 1 aliphatic rings. The quantitative estimate of drug-likeness (QED) is 0.723. The van der Waals surface area contributed by atoms with E-state index in [-0.39, 0.29) is 17.3 Å². The summed E-state index contributed by atoms with van der Waals surface area (Å²) in [6.45, 7) is 5.38. The minimum Gasteiger partial charge on any atom is -0.309 e.